The zero-order valence-corrected chi connectivity index (χ0v) is 10.00. The summed E-state index contributed by atoms with van der Waals surface area (Å²) in [4.78, 5) is 13.8. The van der Waals surface area contributed by atoms with Gasteiger partial charge in [0.15, 0.2) is 5.82 Å². The highest BCUT2D eigenvalue weighted by Crippen LogP contribution is 2.18. The van der Waals surface area contributed by atoms with Gasteiger partial charge in [0.05, 0.1) is 16.1 Å². The van der Waals surface area contributed by atoms with Crippen LogP contribution in [0.2, 0.25) is 0 Å². The molecule has 0 atom stereocenters. The van der Waals surface area contributed by atoms with Crippen LogP contribution < -0.4 is 5.32 Å². The van der Waals surface area contributed by atoms with Gasteiger partial charge in [-0.05, 0) is 19.0 Å². The first kappa shape index (κ1) is 11.2. The smallest absolute Gasteiger partial charge is 0.171 e. The standard InChI is InChI=1S/C11H14N4S/c1-2-4-12-6-9-3-5-14-11(15-9)10-7-13-8-16-10/h3,5,7-8,12H,2,4,6H2,1H3. The summed E-state index contributed by atoms with van der Waals surface area (Å²) in [5.41, 5.74) is 2.81. The van der Waals surface area contributed by atoms with Gasteiger partial charge in [0.2, 0.25) is 0 Å². The molecule has 2 aromatic heterocycles. The Labute approximate surface area is 98.8 Å². The molecule has 0 radical (unpaired) electrons. The summed E-state index contributed by atoms with van der Waals surface area (Å²) in [5.74, 6) is 0.762. The first-order valence-electron chi connectivity index (χ1n) is 5.31. The Balaban J connectivity index is 2.08. The summed E-state index contributed by atoms with van der Waals surface area (Å²) in [6.07, 6.45) is 4.72. The molecule has 0 bridgehead atoms. The second-order valence-corrected chi connectivity index (χ2v) is 4.30. The maximum Gasteiger partial charge on any atom is 0.171 e. The lowest BCUT2D eigenvalue weighted by Gasteiger charge is -2.03. The van der Waals surface area contributed by atoms with Crippen LogP contribution in [0.15, 0.2) is 24.0 Å². The molecule has 4 nitrogen and oxygen atoms in total. The summed E-state index contributed by atoms with van der Waals surface area (Å²) in [6.45, 7) is 3.96. The van der Waals surface area contributed by atoms with Crippen molar-refractivity contribution in [2.45, 2.75) is 19.9 Å². The van der Waals surface area contributed by atoms with E-state index in [1.54, 1.807) is 29.2 Å². The number of hydrogen-bond acceptors (Lipinski definition) is 5. The van der Waals surface area contributed by atoms with Crippen LogP contribution in [0, 0.1) is 0 Å². The Morgan fingerprint density at radius 1 is 1.44 bits per heavy atom. The van der Waals surface area contributed by atoms with Gasteiger partial charge in [-0.3, -0.25) is 4.98 Å². The quantitative estimate of drug-likeness (QED) is 0.805. The average Bonchev–Trinajstić information content (AvgIpc) is 2.83. The fourth-order valence-corrected chi connectivity index (χ4v) is 1.89. The van der Waals surface area contributed by atoms with Gasteiger partial charge in [-0.25, -0.2) is 9.97 Å². The van der Waals surface area contributed by atoms with E-state index in [4.69, 9.17) is 0 Å². The molecule has 0 saturated carbocycles. The first-order chi connectivity index (χ1) is 7.90. The van der Waals surface area contributed by atoms with Gasteiger partial charge < -0.3 is 5.32 Å². The summed E-state index contributed by atoms with van der Waals surface area (Å²) in [7, 11) is 0. The van der Waals surface area contributed by atoms with Crippen molar-refractivity contribution in [3.63, 3.8) is 0 Å². The molecular weight excluding hydrogens is 220 g/mol. The van der Waals surface area contributed by atoms with Crippen molar-refractivity contribution in [3.8, 4) is 10.7 Å². The minimum Gasteiger partial charge on any atom is -0.311 e. The lowest BCUT2D eigenvalue weighted by molar-refractivity contribution is 0.663. The third kappa shape index (κ3) is 2.84. The van der Waals surface area contributed by atoms with E-state index in [0.29, 0.717) is 0 Å². The van der Waals surface area contributed by atoms with E-state index < -0.39 is 0 Å². The van der Waals surface area contributed by atoms with Crippen LogP contribution in [0.25, 0.3) is 10.7 Å². The van der Waals surface area contributed by atoms with E-state index in [1.165, 1.54) is 0 Å². The Morgan fingerprint density at radius 3 is 3.12 bits per heavy atom. The van der Waals surface area contributed by atoms with Crippen LogP contribution in [0.5, 0.6) is 0 Å². The van der Waals surface area contributed by atoms with Gasteiger partial charge in [-0.15, -0.1) is 11.3 Å². The predicted molar refractivity (Wildman–Crippen MR) is 65.1 cm³/mol. The minimum atomic E-state index is 0.762. The topological polar surface area (TPSA) is 50.7 Å². The summed E-state index contributed by atoms with van der Waals surface area (Å²) < 4.78 is 0. The van der Waals surface area contributed by atoms with E-state index in [-0.39, 0.29) is 0 Å². The summed E-state index contributed by atoms with van der Waals surface area (Å²) in [5, 5.41) is 3.32. The molecule has 0 amide bonds. The van der Waals surface area contributed by atoms with Gasteiger partial charge in [-0.1, -0.05) is 6.92 Å². The van der Waals surface area contributed by atoms with Crippen molar-refractivity contribution in [1.29, 1.82) is 0 Å². The number of nitrogens with zero attached hydrogens (tertiary/aromatic N) is 3. The van der Waals surface area contributed by atoms with Crippen LogP contribution in [0.1, 0.15) is 19.0 Å². The van der Waals surface area contributed by atoms with Gasteiger partial charge in [0, 0.05) is 18.9 Å². The zero-order chi connectivity index (χ0) is 11.2. The Kier molecular flexibility index (Phi) is 3.96. The minimum absolute atomic E-state index is 0.762. The molecule has 1 N–H and O–H groups in total. The van der Waals surface area contributed by atoms with Crippen molar-refractivity contribution < 1.29 is 0 Å². The number of thiazole rings is 1. The van der Waals surface area contributed by atoms with E-state index in [0.717, 1.165) is 35.9 Å². The molecule has 0 aliphatic heterocycles. The van der Waals surface area contributed by atoms with E-state index >= 15 is 0 Å². The third-order valence-electron chi connectivity index (χ3n) is 2.10. The molecule has 2 rings (SSSR count). The number of aromatic nitrogens is 3. The fraction of sp³-hybridized carbons (Fsp3) is 0.364. The Bertz CT molecular complexity index is 427. The van der Waals surface area contributed by atoms with Crippen LogP contribution >= 0.6 is 11.3 Å². The molecule has 84 valence electrons. The van der Waals surface area contributed by atoms with Gasteiger partial charge in [-0.2, -0.15) is 0 Å². The van der Waals surface area contributed by atoms with Gasteiger partial charge in [0.25, 0.3) is 0 Å². The summed E-state index contributed by atoms with van der Waals surface area (Å²) in [6, 6.07) is 1.94. The molecule has 0 aromatic carbocycles. The maximum atomic E-state index is 4.48. The number of nitrogens with one attached hydrogen (secondary N) is 1. The third-order valence-corrected chi connectivity index (χ3v) is 2.87. The van der Waals surface area contributed by atoms with Crippen molar-refractivity contribution in [2.24, 2.45) is 0 Å². The van der Waals surface area contributed by atoms with Crippen LogP contribution in [0.3, 0.4) is 0 Å². The normalized spacial score (nSPS) is 10.6. The Hall–Kier alpha value is -1.33. The van der Waals surface area contributed by atoms with Crippen molar-refractivity contribution in [1.82, 2.24) is 20.3 Å². The molecule has 0 spiro atoms. The van der Waals surface area contributed by atoms with E-state index in [1.807, 2.05) is 6.07 Å². The van der Waals surface area contributed by atoms with Crippen molar-refractivity contribution >= 4 is 11.3 Å². The fourth-order valence-electron chi connectivity index (χ4n) is 1.33. The van der Waals surface area contributed by atoms with Crippen molar-refractivity contribution in [2.75, 3.05) is 6.54 Å². The molecule has 0 fully saturated rings. The van der Waals surface area contributed by atoms with E-state index in [9.17, 15) is 0 Å². The Morgan fingerprint density at radius 2 is 2.38 bits per heavy atom. The molecule has 5 heteroatoms. The van der Waals surface area contributed by atoms with Gasteiger partial charge >= 0.3 is 0 Å². The molecule has 2 heterocycles. The molecular formula is C11H14N4S. The maximum absolute atomic E-state index is 4.48. The molecule has 0 unspecified atom stereocenters. The molecule has 0 saturated heterocycles. The van der Waals surface area contributed by atoms with Crippen LogP contribution in [-0.4, -0.2) is 21.5 Å². The highest BCUT2D eigenvalue weighted by Gasteiger charge is 2.03. The molecule has 2 aromatic rings. The van der Waals surface area contributed by atoms with Crippen LogP contribution in [-0.2, 0) is 6.54 Å². The first-order valence-corrected chi connectivity index (χ1v) is 6.19. The highest BCUT2D eigenvalue weighted by molar-refractivity contribution is 7.13. The zero-order valence-electron chi connectivity index (χ0n) is 9.18. The average molecular weight is 234 g/mol. The molecule has 0 aliphatic carbocycles. The van der Waals surface area contributed by atoms with E-state index in [2.05, 4.69) is 27.2 Å². The second kappa shape index (κ2) is 5.67. The molecule has 16 heavy (non-hydrogen) atoms. The monoisotopic (exact) mass is 234 g/mol. The van der Waals surface area contributed by atoms with Crippen molar-refractivity contribution in [3.05, 3.63) is 29.7 Å². The second-order valence-electron chi connectivity index (χ2n) is 3.41. The SMILES string of the molecule is CCCNCc1ccnc(-c2cncs2)n1. The predicted octanol–water partition coefficient (Wildman–Crippen LogP) is 2.10. The lowest BCUT2D eigenvalue weighted by atomic mass is 10.3. The van der Waals surface area contributed by atoms with Gasteiger partial charge in [0.1, 0.15) is 0 Å². The summed E-state index contributed by atoms with van der Waals surface area (Å²) >= 11 is 1.56. The molecule has 0 aliphatic rings. The largest absolute Gasteiger partial charge is 0.311 e. The highest BCUT2D eigenvalue weighted by atomic mass is 32.1. The lowest BCUT2D eigenvalue weighted by Crippen LogP contribution is -2.15. The van der Waals surface area contributed by atoms with Crippen LogP contribution in [0.4, 0.5) is 0 Å². The number of rotatable bonds is 5. The number of hydrogen-bond donors (Lipinski definition) is 1.